The molecule has 0 fully saturated rings. The molecule has 156 valence electrons. The molecule has 0 unspecified atom stereocenters. The summed E-state index contributed by atoms with van der Waals surface area (Å²) < 4.78 is 25.9. The number of hydrogen-bond acceptors (Lipinski definition) is 5. The number of carbonyl (C=O) groups is 2. The second-order valence-electron chi connectivity index (χ2n) is 7.13. The van der Waals surface area contributed by atoms with Gasteiger partial charge in [0.2, 0.25) is 15.9 Å². The summed E-state index contributed by atoms with van der Waals surface area (Å²) in [5, 5.41) is 5.53. The number of rotatable bonds is 8. The topological polar surface area (TPSA) is 108 Å². The molecule has 0 atom stereocenters. The molecule has 1 aromatic heterocycles. The zero-order valence-electron chi connectivity index (χ0n) is 17.0. The minimum absolute atomic E-state index is 0.0169. The average molecular weight is 419 g/mol. The summed E-state index contributed by atoms with van der Waals surface area (Å²) in [5.74, 6) is -0.319. The molecule has 2 N–H and O–H groups in total. The monoisotopic (exact) mass is 418 g/mol. The third kappa shape index (κ3) is 6.10. The molecule has 0 spiro atoms. The second kappa shape index (κ2) is 9.62. The van der Waals surface area contributed by atoms with E-state index < -0.39 is 15.9 Å². The Labute approximate surface area is 171 Å². The number of amides is 2. The maximum atomic E-state index is 12.5. The van der Waals surface area contributed by atoms with Crippen LogP contribution in [0.4, 0.5) is 5.69 Å². The van der Waals surface area contributed by atoms with Crippen molar-refractivity contribution in [1.29, 1.82) is 0 Å². The van der Waals surface area contributed by atoms with Gasteiger partial charge in [-0.15, -0.1) is 0 Å². The smallest absolute Gasteiger partial charge is 0.251 e. The lowest BCUT2D eigenvalue weighted by atomic mass is 10.1. The number of pyridine rings is 1. The minimum atomic E-state index is -3.81. The number of carbonyl (C=O) groups excluding carboxylic acids is 2. The highest BCUT2D eigenvalue weighted by Gasteiger charge is 2.23. The first-order chi connectivity index (χ1) is 13.6. The van der Waals surface area contributed by atoms with Crippen LogP contribution in [0.1, 0.15) is 29.8 Å². The van der Waals surface area contributed by atoms with Crippen LogP contribution < -0.4 is 10.6 Å². The van der Waals surface area contributed by atoms with Gasteiger partial charge < -0.3 is 10.6 Å². The lowest BCUT2D eigenvalue weighted by molar-refractivity contribution is -0.116. The van der Waals surface area contributed by atoms with Crippen LogP contribution in [-0.4, -0.2) is 49.7 Å². The lowest BCUT2D eigenvalue weighted by Crippen LogP contribution is -2.35. The predicted octanol–water partition coefficient (Wildman–Crippen LogP) is 2.04. The fourth-order valence-electron chi connectivity index (χ4n) is 2.50. The predicted molar refractivity (Wildman–Crippen MR) is 111 cm³/mol. The number of sulfonamides is 1. The number of benzene rings is 1. The van der Waals surface area contributed by atoms with Crippen molar-refractivity contribution < 1.29 is 18.0 Å². The van der Waals surface area contributed by atoms with E-state index in [-0.39, 0.29) is 17.3 Å². The van der Waals surface area contributed by atoms with Gasteiger partial charge in [0.25, 0.3) is 5.91 Å². The standard InChI is InChI=1S/C20H26N4O4S/c1-14(2)11-22-20(26)16-7-8-18(15(3)10-16)23-19(25)13-24(4)29(27,28)17-6-5-9-21-12-17/h5-10,12,14H,11,13H2,1-4H3,(H,22,26)(H,23,25). The third-order valence-corrected chi connectivity index (χ3v) is 5.93. The van der Waals surface area contributed by atoms with Crippen molar-refractivity contribution >= 4 is 27.5 Å². The van der Waals surface area contributed by atoms with Crippen molar-refractivity contribution in [2.75, 3.05) is 25.5 Å². The van der Waals surface area contributed by atoms with Gasteiger partial charge in [0.1, 0.15) is 4.90 Å². The number of nitrogens with one attached hydrogen (secondary N) is 2. The maximum absolute atomic E-state index is 12.5. The molecule has 0 aliphatic carbocycles. The number of nitrogens with zero attached hydrogens (tertiary/aromatic N) is 2. The van der Waals surface area contributed by atoms with E-state index in [2.05, 4.69) is 15.6 Å². The van der Waals surface area contributed by atoms with E-state index in [4.69, 9.17) is 0 Å². The zero-order valence-corrected chi connectivity index (χ0v) is 17.8. The lowest BCUT2D eigenvalue weighted by Gasteiger charge is -2.17. The average Bonchev–Trinajstić information content (AvgIpc) is 2.68. The number of hydrogen-bond donors (Lipinski definition) is 2. The van der Waals surface area contributed by atoms with Gasteiger partial charge in [-0.25, -0.2) is 8.42 Å². The summed E-state index contributed by atoms with van der Waals surface area (Å²) in [6.07, 6.45) is 2.71. The summed E-state index contributed by atoms with van der Waals surface area (Å²) in [6, 6.07) is 7.87. The molecule has 2 rings (SSSR count). The first kappa shape index (κ1) is 22.5. The van der Waals surface area contributed by atoms with E-state index >= 15 is 0 Å². The Morgan fingerprint density at radius 3 is 2.52 bits per heavy atom. The van der Waals surface area contributed by atoms with Crippen LogP contribution in [0.15, 0.2) is 47.6 Å². The molecule has 0 saturated carbocycles. The van der Waals surface area contributed by atoms with E-state index in [1.807, 2.05) is 13.8 Å². The summed E-state index contributed by atoms with van der Waals surface area (Å²) in [7, 11) is -2.48. The highest BCUT2D eigenvalue weighted by atomic mass is 32.2. The van der Waals surface area contributed by atoms with Crippen LogP contribution in [-0.2, 0) is 14.8 Å². The second-order valence-corrected chi connectivity index (χ2v) is 9.18. The Hall–Kier alpha value is -2.78. The van der Waals surface area contributed by atoms with Crippen LogP contribution >= 0.6 is 0 Å². The SMILES string of the molecule is Cc1cc(C(=O)NCC(C)C)ccc1NC(=O)CN(C)S(=O)(=O)c1cccnc1. The molecular formula is C20H26N4O4S. The molecule has 1 heterocycles. The van der Waals surface area contributed by atoms with Gasteiger partial charge in [-0.3, -0.25) is 14.6 Å². The van der Waals surface area contributed by atoms with Gasteiger partial charge >= 0.3 is 0 Å². The molecule has 0 bridgehead atoms. The molecule has 2 aromatic rings. The van der Waals surface area contributed by atoms with E-state index in [0.29, 0.717) is 29.3 Å². The number of anilines is 1. The Kier molecular flexibility index (Phi) is 7.46. The number of aryl methyl sites for hydroxylation is 1. The van der Waals surface area contributed by atoms with Crippen molar-refractivity contribution in [2.45, 2.75) is 25.7 Å². The van der Waals surface area contributed by atoms with Crippen molar-refractivity contribution in [2.24, 2.45) is 5.92 Å². The van der Waals surface area contributed by atoms with E-state index in [0.717, 1.165) is 4.31 Å². The van der Waals surface area contributed by atoms with E-state index in [9.17, 15) is 18.0 Å². The quantitative estimate of drug-likeness (QED) is 0.682. The Morgan fingerprint density at radius 1 is 1.21 bits per heavy atom. The van der Waals surface area contributed by atoms with Gasteiger partial charge in [-0.05, 0) is 48.7 Å². The molecule has 0 radical (unpaired) electrons. The normalized spacial score (nSPS) is 11.5. The molecule has 0 aliphatic rings. The Bertz CT molecular complexity index is 975. The van der Waals surface area contributed by atoms with Crippen molar-refractivity contribution in [1.82, 2.24) is 14.6 Å². The van der Waals surface area contributed by atoms with Gasteiger partial charge in [-0.1, -0.05) is 13.8 Å². The fourth-order valence-corrected chi connectivity index (χ4v) is 3.59. The van der Waals surface area contributed by atoms with Crippen LogP contribution in [0.3, 0.4) is 0 Å². The zero-order chi connectivity index (χ0) is 21.6. The number of likely N-dealkylation sites (N-methyl/N-ethyl adjacent to an activating group) is 1. The molecule has 0 aliphatic heterocycles. The number of aromatic nitrogens is 1. The van der Waals surface area contributed by atoms with Crippen LogP contribution in [0.25, 0.3) is 0 Å². The van der Waals surface area contributed by atoms with Crippen molar-refractivity contribution in [3.05, 3.63) is 53.9 Å². The highest BCUT2D eigenvalue weighted by Crippen LogP contribution is 2.17. The van der Waals surface area contributed by atoms with Crippen molar-refractivity contribution in [3.8, 4) is 0 Å². The Morgan fingerprint density at radius 2 is 1.93 bits per heavy atom. The molecule has 29 heavy (non-hydrogen) atoms. The third-order valence-electron chi connectivity index (χ3n) is 4.14. The first-order valence-corrected chi connectivity index (χ1v) is 10.6. The first-order valence-electron chi connectivity index (χ1n) is 9.16. The largest absolute Gasteiger partial charge is 0.352 e. The van der Waals surface area contributed by atoms with Crippen LogP contribution in [0.2, 0.25) is 0 Å². The fraction of sp³-hybridized carbons (Fsp3) is 0.350. The summed E-state index contributed by atoms with van der Waals surface area (Å²) >= 11 is 0. The molecule has 8 nitrogen and oxygen atoms in total. The highest BCUT2D eigenvalue weighted by molar-refractivity contribution is 7.89. The minimum Gasteiger partial charge on any atom is -0.352 e. The summed E-state index contributed by atoms with van der Waals surface area (Å²) in [4.78, 5) is 28.3. The van der Waals surface area contributed by atoms with Gasteiger partial charge in [-0.2, -0.15) is 4.31 Å². The van der Waals surface area contributed by atoms with E-state index in [1.54, 1.807) is 25.1 Å². The van der Waals surface area contributed by atoms with Crippen LogP contribution in [0.5, 0.6) is 0 Å². The van der Waals surface area contributed by atoms with Crippen LogP contribution in [0, 0.1) is 12.8 Å². The Balaban J connectivity index is 2.02. The molecule has 0 saturated heterocycles. The van der Waals surface area contributed by atoms with E-state index in [1.165, 1.54) is 31.6 Å². The van der Waals surface area contributed by atoms with Gasteiger partial charge in [0.15, 0.2) is 0 Å². The summed E-state index contributed by atoms with van der Waals surface area (Å²) in [6.45, 7) is 6.01. The molecule has 1 aromatic carbocycles. The van der Waals surface area contributed by atoms with Gasteiger partial charge in [0, 0.05) is 37.2 Å². The summed E-state index contributed by atoms with van der Waals surface area (Å²) in [5.41, 5.74) is 1.72. The molecule has 9 heteroatoms. The molecular weight excluding hydrogens is 392 g/mol. The van der Waals surface area contributed by atoms with Crippen molar-refractivity contribution in [3.63, 3.8) is 0 Å². The molecule has 2 amide bonds. The maximum Gasteiger partial charge on any atom is 0.251 e. The van der Waals surface area contributed by atoms with Gasteiger partial charge in [0.05, 0.1) is 6.54 Å².